The molecule has 1 aliphatic rings. The first kappa shape index (κ1) is 25.9. The molecular formula is C19H41IN4O2. The number of ether oxygens (including phenoxy) is 1. The second-order valence-corrected chi connectivity index (χ2v) is 7.63. The highest BCUT2D eigenvalue weighted by Gasteiger charge is 2.14. The smallest absolute Gasteiger partial charge is 0.191 e. The standard InChI is InChI=1S/C19H40N4O2.HI/c1-5-20-19(22-14-18(6-9-24)12-16(2)3)21-13-17(4)15-23-7-10-25-11-8-23;/h16-18,24H,5-15H2,1-4H3,(H2,20,21,22);1H. The average molecular weight is 484 g/mol. The monoisotopic (exact) mass is 484 g/mol. The molecule has 2 atom stereocenters. The molecule has 2 unspecified atom stereocenters. The lowest BCUT2D eigenvalue weighted by molar-refractivity contribution is 0.0323. The molecule has 1 aliphatic heterocycles. The number of nitrogens with one attached hydrogen (secondary N) is 2. The molecule has 0 spiro atoms. The van der Waals surface area contributed by atoms with E-state index in [1.165, 1.54) is 0 Å². The van der Waals surface area contributed by atoms with Gasteiger partial charge >= 0.3 is 0 Å². The van der Waals surface area contributed by atoms with E-state index in [1.807, 2.05) is 0 Å². The fraction of sp³-hybridized carbons (Fsp3) is 0.947. The van der Waals surface area contributed by atoms with Crippen LogP contribution in [0.2, 0.25) is 0 Å². The van der Waals surface area contributed by atoms with Crippen LogP contribution in [-0.4, -0.2) is 75.1 Å². The minimum Gasteiger partial charge on any atom is -0.396 e. The first-order valence-electron chi connectivity index (χ1n) is 9.98. The van der Waals surface area contributed by atoms with Gasteiger partial charge in [0.25, 0.3) is 0 Å². The van der Waals surface area contributed by atoms with Crippen LogP contribution in [-0.2, 0) is 4.74 Å². The normalized spacial score (nSPS) is 18.3. The van der Waals surface area contributed by atoms with Crippen LogP contribution < -0.4 is 10.6 Å². The Morgan fingerprint density at radius 1 is 1.19 bits per heavy atom. The van der Waals surface area contributed by atoms with Crippen molar-refractivity contribution in [3.63, 3.8) is 0 Å². The van der Waals surface area contributed by atoms with Gasteiger partial charge in [0, 0.05) is 45.9 Å². The molecule has 0 bridgehead atoms. The van der Waals surface area contributed by atoms with Crippen molar-refractivity contribution < 1.29 is 9.84 Å². The van der Waals surface area contributed by atoms with Gasteiger partial charge in [-0.25, -0.2) is 0 Å². The third-order valence-corrected chi connectivity index (χ3v) is 4.48. The summed E-state index contributed by atoms with van der Waals surface area (Å²) in [4.78, 5) is 7.23. The third kappa shape index (κ3) is 12.3. The van der Waals surface area contributed by atoms with E-state index in [0.717, 1.165) is 71.3 Å². The lowest BCUT2D eigenvalue weighted by Crippen LogP contribution is -2.41. The average Bonchev–Trinajstić information content (AvgIpc) is 2.58. The Labute approximate surface area is 177 Å². The fourth-order valence-electron chi connectivity index (χ4n) is 3.26. The number of aliphatic imine (C=N–C) groups is 1. The first-order valence-corrected chi connectivity index (χ1v) is 9.98. The molecule has 0 aromatic rings. The minimum atomic E-state index is 0. The molecule has 0 aliphatic carbocycles. The molecule has 1 saturated heterocycles. The fourth-order valence-corrected chi connectivity index (χ4v) is 3.26. The van der Waals surface area contributed by atoms with Gasteiger partial charge < -0.3 is 20.5 Å². The summed E-state index contributed by atoms with van der Waals surface area (Å²) in [5.74, 6) is 2.55. The summed E-state index contributed by atoms with van der Waals surface area (Å²) in [5.41, 5.74) is 0. The summed E-state index contributed by atoms with van der Waals surface area (Å²) in [6.07, 6.45) is 1.97. The lowest BCUT2D eigenvalue weighted by Gasteiger charge is -2.28. The first-order chi connectivity index (χ1) is 12.0. The SMILES string of the molecule is CCNC(=NCC(C)CN1CCOCC1)NCC(CCO)CC(C)C.I. The van der Waals surface area contributed by atoms with Crippen LogP contribution in [0.5, 0.6) is 0 Å². The highest BCUT2D eigenvalue weighted by Crippen LogP contribution is 2.14. The van der Waals surface area contributed by atoms with Crippen LogP contribution >= 0.6 is 24.0 Å². The van der Waals surface area contributed by atoms with Gasteiger partial charge in [-0.2, -0.15) is 0 Å². The number of nitrogens with zero attached hydrogens (tertiary/aromatic N) is 2. The van der Waals surface area contributed by atoms with Crippen molar-refractivity contribution >= 4 is 29.9 Å². The van der Waals surface area contributed by atoms with Gasteiger partial charge in [-0.05, 0) is 37.5 Å². The van der Waals surface area contributed by atoms with E-state index < -0.39 is 0 Å². The maximum atomic E-state index is 9.26. The number of morpholine rings is 1. The van der Waals surface area contributed by atoms with E-state index >= 15 is 0 Å². The van der Waals surface area contributed by atoms with Crippen LogP contribution in [0.1, 0.15) is 40.5 Å². The number of hydrogen-bond donors (Lipinski definition) is 3. The van der Waals surface area contributed by atoms with Crippen molar-refractivity contribution in [2.45, 2.75) is 40.5 Å². The summed E-state index contributed by atoms with van der Waals surface area (Å²) in [6, 6.07) is 0. The molecule has 0 radical (unpaired) electrons. The molecule has 1 rings (SSSR count). The summed E-state index contributed by atoms with van der Waals surface area (Å²) < 4.78 is 5.41. The molecule has 3 N–H and O–H groups in total. The predicted octanol–water partition coefficient (Wildman–Crippen LogP) is 2.17. The predicted molar refractivity (Wildman–Crippen MR) is 120 cm³/mol. The zero-order valence-electron chi connectivity index (χ0n) is 17.2. The second-order valence-electron chi connectivity index (χ2n) is 7.63. The molecule has 7 heteroatoms. The number of halogens is 1. The lowest BCUT2D eigenvalue weighted by atomic mass is 9.94. The summed E-state index contributed by atoms with van der Waals surface area (Å²) in [7, 11) is 0. The molecule has 0 amide bonds. The summed E-state index contributed by atoms with van der Waals surface area (Å²) in [5, 5.41) is 16.1. The van der Waals surface area contributed by atoms with Crippen LogP contribution in [0.3, 0.4) is 0 Å². The van der Waals surface area contributed by atoms with Crippen LogP contribution in [0.4, 0.5) is 0 Å². The second kappa shape index (κ2) is 15.9. The van der Waals surface area contributed by atoms with Crippen molar-refractivity contribution in [3.8, 4) is 0 Å². The Morgan fingerprint density at radius 2 is 1.88 bits per heavy atom. The minimum absolute atomic E-state index is 0. The molecular weight excluding hydrogens is 443 g/mol. The maximum Gasteiger partial charge on any atom is 0.191 e. The number of aliphatic hydroxyl groups excluding tert-OH is 1. The van der Waals surface area contributed by atoms with Gasteiger partial charge in [0.05, 0.1) is 13.2 Å². The topological polar surface area (TPSA) is 69.1 Å². The van der Waals surface area contributed by atoms with Crippen molar-refractivity contribution in [2.75, 3.05) is 59.1 Å². The van der Waals surface area contributed by atoms with E-state index in [1.54, 1.807) is 0 Å². The van der Waals surface area contributed by atoms with Crippen molar-refractivity contribution in [1.29, 1.82) is 0 Å². The summed E-state index contributed by atoms with van der Waals surface area (Å²) >= 11 is 0. The van der Waals surface area contributed by atoms with Gasteiger partial charge in [0.15, 0.2) is 5.96 Å². The van der Waals surface area contributed by atoms with Gasteiger partial charge in [-0.15, -0.1) is 24.0 Å². The van der Waals surface area contributed by atoms with Crippen molar-refractivity contribution in [2.24, 2.45) is 22.7 Å². The Balaban J connectivity index is 0.00000625. The molecule has 0 aromatic carbocycles. The number of aliphatic hydroxyl groups is 1. The summed E-state index contributed by atoms with van der Waals surface area (Å²) in [6.45, 7) is 16.5. The quantitative estimate of drug-likeness (QED) is 0.238. The Hall–Kier alpha value is -0.120. The highest BCUT2D eigenvalue weighted by molar-refractivity contribution is 14.0. The Bertz CT molecular complexity index is 363. The van der Waals surface area contributed by atoms with E-state index in [2.05, 4.69) is 43.2 Å². The van der Waals surface area contributed by atoms with Gasteiger partial charge in [0.1, 0.15) is 0 Å². The molecule has 156 valence electrons. The van der Waals surface area contributed by atoms with Gasteiger partial charge in [0.2, 0.25) is 0 Å². The van der Waals surface area contributed by atoms with E-state index in [9.17, 15) is 5.11 Å². The van der Waals surface area contributed by atoms with Gasteiger partial charge in [-0.1, -0.05) is 20.8 Å². The number of guanidine groups is 1. The van der Waals surface area contributed by atoms with Crippen LogP contribution in [0.15, 0.2) is 4.99 Å². The van der Waals surface area contributed by atoms with Crippen LogP contribution in [0, 0.1) is 17.8 Å². The van der Waals surface area contributed by atoms with E-state index in [-0.39, 0.29) is 30.6 Å². The Morgan fingerprint density at radius 3 is 2.46 bits per heavy atom. The van der Waals surface area contributed by atoms with Crippen LogP contribution in [0.25, 0.3) is 0 Å². The molecule has 6 nitrogen and oxygen atoms in total. The van der Waals surface area contributed by atoms with Crippen molar-refractivity contribution in [1.82, 2.24) is 15.5 Å². The van der Waals surface area contributed by atoms with Gasteiger partial charge in [-0.3, -0.25) is 9.89 Å². The van der Waals surface area contributed by atoms with E-state index in [0.29, 0.717) is 17.8 Å². The molecule has 26 heavy (non-hydrogen) atoms. The largest absolute Gasteiger partial charge is 0.396 e. The van der Waals surface area contributed by atoms with E-state index in [4.69, 9.17) is 9.73 Å². The molecule has 0 saturated carbocycles. The third-order valence-electron chi connectivity index (χ3n) is 4.48. The number of hydrogen-bond acceptors (Lipinski definition) is 4. The molecule has 1 fully saturated rings. The Kier molecular flexibility index (Phi) is 15.8. The maximum absolute atomic E-state index is 9.26. The number of rotatable bonds is 11. The zero-order valence-corrected chi connectivity index (χ0v) is 19.5. The molecule has 1 heterocycles. The molecule has 0 aromatic heterocycles. The van der Waals surface area contributed by atoms with Crippen molar-refractivity contribution in [3.05, 3.63) is 0 Å². The highest BCUT2D eigenvalue weighted by atomic mass is 127. The zero-order chi connectivity index (χ0) is 18.5.